The zero-order valence-corrected chi connectivity index (χ0v) is 18.0. The van der Waals surface area contributed by atoms with Crippen LogP contribution in [0.25, 0.3) is 10.9 Å². The summed E-state index contributed by atoms with van der Waals surface area (Å²) in [6, 6.07) is 25.6. The molecule has 0 bridgehead atoms. The van der Waals surface area contributed by atoms with Gasteiger partial charge in [-0.05, 0) is 29.7 Å². The van der Waals surface area contributed by atoms with Crippen molar-refractivity contribution in [1.29, 1.82) is 0 Å². The number of hydrogen-bond acceptors (Lipinski definition) is 2. The van der Waals surface area contributed by atoms with Gasteiger partial charge < -0.3 is 14.8 Å². The van der Waals surface area contributed by atoms with Crippen molar-refractivity contribution < 1.29 is 9.59 Å². The second kappa shape index (κ2) is 8.35. The fourth-order valence-electron chi connectivity index (χ4n) is 4.66. The van der Waals surface area contributed by atoms with E-state index in [4.69, 9.17) is 0 Å². The topological polar surface area (TPSA) is 54.3 Å². The summed E-state index contributed by atoms with van der Waals surface area (Å²) < 4.78 is 2.08. The number of para-hydroxylation sites is 1. The number of carbonyl (C=O) groups is 2. The Kier molecular flexibility index (Phi) is 5.23. The number of aromatic nitrogens is 1. The Hall–Kier alpha value is -3.86. The van der Waals surface area contributed by atoms with Crippen LogP contribution in [0.2, 0.25) is 0 Å². The van der Waals surface area contributed by atoms with Crippen LogP contribution in [0.15, 0.2) is 85.1 Å². The first-order valence-corrected chi connectivity index (χ1v) is 10.9. The molecule has 5 heteroatoms. The highest BCUT2D eigenvalue weighted by Crippen LogP contribution is 2.41. The SMILES string of the molecule is Cn1cc(C2c3ccccc3C(=O)N2CC(=O)NCCc2ccccc2)c2ccccc21. The number of fused-ring (bicyclic) bond motifs is 2. The molecule has 0 fully saturated rings. The molecule has 1 unspecified atom stereocenters. The molecule has 0 saturated carbocycles. The summed E-state index contributed by atoms with van der Waals surface area (Å²) in [6.45, 7) is 0.562. The molecule has 1 aliphatic heterocycles. The molecule has 32 heavy (non-hydrogen) atoms. The van der Waals surface area contributed by atoms with Gasteiger partial charge in [-0.15, -0.1) is 0 Å². The molecule has 0 spiro atoms. The molecule has 2 amide bonds. The van der Waals surface area contributed by atoms with Gasteiger partial charge in [0.1, 0.15) is 6.54 Å². The maximum atomic E-state index is 13.3. The number of amides is 2. The van der Waals surface area contributed by atoms with Gasteiger partial charge in [-0.3, -0.25) is 9.59 Å². The number of nitrogens with one attached hydrogen (secondary N) is 1. The van der Waals surface area contributed by atoms with E-state index >= 15 is 0 Å². The maximum Gasteiger partial charge on any atom is 0.255 e. The number of carbonyl (C=O) groups excluding carboxylic acids is 2. The van der Waals surface area contributed by atoms with Crippen molar-refractivity contribution in [2.45, 2.75) is 12.5 Å². The molecule has 2 heterocycles. The van der Waals surface area contributed by atoms with E-state index in [2.05, 4.69) is 28.2 Å². The van der Waals surface area contributed by atoms with Crippen LogP contribution in [0.5, 0.6) is 0 Å². The van der Waals surface area contributed by atoms with Gasteiger partial charge in [-0.2, -0.15) is 0 Å². The molecule has 1 N–H and O–H groups in total. The molecule has 0 radical (unpaired) electrons. The van der Waals surface area contributed by atoms with Gasteiger partial charge in [-0.25, -0.2) is 0 Å². The van der Waals surface area contributed by atoms with Crippen molar-refractivity contribution in [3.63, 3.8) is 0 Å². The molecule has 0 aliphatic carbocycles. The van der Waals surface area contributed by atoms with Gasteiger partial charge in [0.25, 0.3) is 5.91 Å². The normalized spacial score (nSPS) is 15.2. The fraction of sp³-hybridized carbons (Fsp3) is 0.185. The fourth-order valence-corrected chi connectivity index (χ4v) is 4.66. The number of aryl methyl sites for hydroxylation is 1. The predicted octanol–water partition coefficient (Wildman–Crippen LogP) is 4.08. The number of hydrogen-bond donors (Lipinski definition) is 1. The Bertz CT molecular complexity index is 1290. The van der Waals surface area contributed by atoms with E-state index in [9.17, 15) is 9.59 Å². The van der Waals surface area contributed by atoms with Gasteiger partial charge in [0, 0.05) is 41.8 Å². The smallest absolute Gasteiger partial charge is 0.255 e. The van der Waals surface area contributed by atoms with Crippen LogP contribution < -0.4 is 5.32 Å². The second-order valence-corrected chi connectivity index (χ2v) is 8.22. The molecule has 1 aromatic heterocycles. The lowest BCUT2D eigenvalue weighted by Crippen LogP contribution is -2.40. The van der Waals surface area contributed by atoms with Crippen LogP contribution in [0, 0.1) is 0 Å². The minimum atomic E-state index is -0.287. The zero-order valence-electron chi connectivity index (χ0n) is 18.0. The predicted molar refractivity (Wildman–Crippen MR) is 125 cm³/mol. The van der Waals surface area contributed by atoms with Crippen LogP contribution in [-0.2, 0) is 18.3 Å². The van der Waals surface area contributed by atoms with E-state index in [1.54, 1.807) is 4.90 Å². The molecule has 1 atom stereocenters. The van der Waals surface area contributed by atoms with E-state index < -0.39 is 0 Å². The first-order valence-electron chi connectivity index (χ1n) is 10.9. The largest absolute Gasteiger partial charge is 0.354 e. The third-order valence-corrected chi connectivity index (χ3v) is 6.17. The van der Waals surface area contributed by atoms with E-state index in [1.165, 1.54) is 5.56 Å². The van der Waals surface area contributed by atoms with Crippen LogP contribution >= 0.6 is 0 Å². The van der Waals surface area contributed by atoms with Crippen LogP contribution in [-0.4, -0.2) is 34.4 Å². The Labute approximate surface area is 187 Å². The van der Waals surface area contributed by atoms with E-state index in [-0.39, 0.29) is 24.4 Å². The molecule has 3 aromatic carbocycles. The van der Waals surface area contributed by atoms with Gasteiger partial charge in [0.05, 0.1) is 6.04 Å². The Balaban J connectivity index is 1.41. The Morgan fingerprint density at radius 1 is 0.906 bits per heavy atom. The van der Waals surface area contributed by atoms with Crippen LogP contribution in [0.4, 0.5) is 0 Å². The highest BCUT2D eigenvalue weighted by molar-refractivity contribution is 6.02. The molecule has 5 nitrogen and oxygen atoms in total. The van der Waals surface area contributed by atoms with Gasteiger partial charge in [0.2, 0.25) is 5.91 Å². The number of nitrogens with zero attached hydrogens (tertiary/aromatic N) is 2. The summed E-state index contributed by atoms with van der Waals surface area (Å²) in [5, 5.41) is 4.08. The molecule has 4 aromatic rings. The maximum absolute atomic E-state index is 13.3. The molecule has 160 valence electrons. The van der Waals surface area contributed by atoms with Crippen molar-refractivity contribution in [2.24, 2.45) is 7.05 Å². The van der Waals surface area contributed by atoms with Gasteiger partial charge in [0.15, 0.2) is 0 Å². The van der Waals surface area contributed by atoms with E-state index in [0.717, 1.165) is 28.5 Å². The Morgan fingerprint density at radius 2 is 1.62 bits per heavy atom. The summed E-state index contributed by atoms with van der Waals surface area (Å²) in [4.78, 5) is 27.8. The monoisotopic (exact) mass is 423 g/mol. The molecular weight excluding hydrogens is 398 g/mol. The highest BCUT2D eigenvalue weighted by atomic mass is 16.2. The van der Waals surface area contributed by atoms with E-state index in [1.807, 2.05) is 73.8 Å². The van der Waals surface area contributed by atoms with Gasteiger partial charge in [-0.1, -0.05) is 66.7 Å². The van der Waals surface area contributed by atoms with Crippen LogP contribution in [0.3, 0.4) is 0 Å². The first-order chi connectivity index (χ1) is 15.6. The molecular formula is C27H25N3O2. The third-order valence-electron chi connectivity index (χ3n) is 6.17. The van der Waals surface area contributed by atoms with Gasteiger partial charge >= 0.3 is 0 Å². The van der Waals surface area contributed by atoms with E-state index in [0.29, 0.717) is 12.1 Å². The van der Waals surface area contributed by atoms with Crippen LogP contribution in [0.1, 0.15) is 33.1 Å². The zero-order chi connectivity index (χ0) is 22.1. The summed E-state index contributed by atoms with van der Waals surface area (Å²) >= 11 is 0. The standard InChI is InChI=1S/C27H25N3O2/c1-29-17-23(20-11-7-8-14-24(20)29)26-21-12-5-6-13-22(21)27(32)30(26)18-25(31)28-16-15-19-9-3-2-4-10-19/h2-14,17,26H,15-16,18H2,1H3,(H,28,31). The lowest BCUT2D eigenvalue weighted by atomic mass is 9.97. The van der Waals surface area contributed by atoms with Crippen molar-refractivity contribution in [3.05, 3.63) is 107 Å². The van der Waals surface area contributed by atoms with Crippen molar-refractivity contribution in [1.82, 2.24) is 14.8 Å². The second-order valence-electron chi connectivity index (χ2n) is 8.22. The van der Waals surface area contributed by atoms with Crippen molar-refractivity contribution in [2.75, 3.05) is 13.1 Å². The molecule has 1 aliphatic rings. The highest BCUT2D eigenvalue weighted by Gasteiger charge is 2.39. The lowest BCUT2D eigenvalue weighted by Gasteiger charge is -2.25. The van der Waals surface area contributed by atoms with Crippen molar-refractivity contribution in [3.8, 4) is 0 Å². The average molecular weight is 424 g/mol. The number of rotatable bonds is 6. The third kappa shape index (κ3) is 3.56. The first kappa shape index (κ1) is 20.1. The summed E-state index contributed by atoms with van der Waals surface area (Å²) in [6.07, 6.45) is 2.83. The molecule has 5 rings (SSSR count). The minimum absolute atomic E-state index is 0.0240. The Morgan fingerprint density at radius 3 is 2.47 bits per heavy atom. The minimum Gasteiger partial charge on any atom is -0.354 e. The lowest BCUT2D eigenvalue weighted by molar-refractivity contribution is -0.122. The van der Waals surface area contributed by atoms with Crippen molar-refractivity contribution >= 4 is 22.7 Å². The summed E-state index contributed by atoms with van der Waals surface area (Å²) in [7, 11) is 2.01. The summed E-state index contributed by atoms with van der Waals surface area (Å²) in [5.41, 5.74) is 4.93. The molecule has 0 saturated heterocycles. The summed E-state index contributed by atoms with van der Waals surface area (Å²) in [5.74, 6) is -0.246. The quantitative estimate of drug-likeness (QED) is 0.508. The average Bonchev–Trinajstić information content (AvgIpc) is 3.29. The number of benzene rings is 3.